The highest BCUT2D eigenvalue weighted by Crippen LogP contribution is 2.61. The first-order valence-electron chi connectivity index (χ1n) is 10.4. The molecule has 3 unspecified atom stereocenters. The van der Waals surface area contributed by atoms with Crippen LogP contribution >= 0.6 is 0 Å². The first-order valence-corrected chi connectivity index (χ1v) is 10.4. The van der Waals surface area contributed by atoms with Gasteiger partial charge >= 0.3 is 11.9 Å². The fourth-order valence-corrected chi connectivity index (χ4v) is 5.06. The van der Waals surface area contributed by atoms with Crippen LogP contribution in [0.25, 0.3) is 0 Å². The van der Waals surface area contributed by atoms with Crippen molar-refractivity contribution in [2.24, 2.45) is 5.41 Å². The van der Waals surface area contributed by atoms with Crippen LogP contribution in [0.15, 0.2) is 18.2 Å². The Hall–Kier alpha value is -2.85. The zero-order valence-corrected chi connectivity index (χ0v) is 18.8. The van der Waals surface area contributed by atoms with Crippen LogP contribution in [0.3, 0.4) is 0 Å². The monoisotopic (exact) mass is 451 g/mol. The van der Waals surface area contributed by atoms with Crippen LogP contribution < -0.4 is 9.47 Å². The molecule has 3 atom stereocenters. The maximum Gasteiger partial charge on any atom is 0.342 e. The fourth-order valence-electron chi connectivity index (χ4n) is 5.06. The number of amides is 1. The minimum absolute atomic E-state index is 0.104. The maximum atomic E-state index is 13.6. The summed E-state index contributed by atoms with van der Waals surface area (Å²) in [5.41, 5.74) is -4.12. The standard InChI is InChI=1S/C22H29NO9/c1-6-14-12-31-20(3,32-14)21(7-2)17(24)23(22(21,18(25)26)19(27)28)11-13-8-9-15(29-4)10-16(13)30-5/h8-10,14H,6-7,11-12H2,1-5H3,(H,25,26)(H,27,28). The van der Waals surface area contributed by atoms with Gasteiger partial charge in [-0.3, -0.25) is 4.79 Å². The van der Waals surface area contributed by atoms with Gasteiger partial charge in [-0.25, -0.2) is 9.59 Å². The molecule has 176 valence electrons. The quantitative estimate of drug-likeness (QED) is 0.427. The number of ether oxygens (including phenoxy) is 4. The van der Waals surface area contributed by atoms with Gasteiger partial charge < -0.3 is 34.1 Å². The smallest absolute Gasteiger partial charge is 0.342 e. The molecule has 0 saturated carbocycles. The molecule has 2 N–H and O–H groups in total. The van der Waals surface area contributed by atoms with Crippen LogP contribution in [0, 0.1) is 5.41 Å². The van der Waals surface area contributed by atoms with E-state index >= 15 is 0 Å². The summed E-state index contributed by atoms with van der Waals surface area (Å²) < 4.78 is 22.3. The van der Waals surface area contributed by atoms with Crippen LogP contribution in [-0.2, 0) is 30.4 Å². The zero-order chi connectivity index (χ0) is 23.9. The molecule has 10 heteroatoms. The van der Waals surface area contributed by atoms with E-state index in [2.05, 4.69) is 0 Å². The van der Waals surface area contributed by atoms with Crippen LogP contribution in [0.5, 0.6) is 11.5 Å². The van der Waals surface area contributed by atoms with E-state index < -0.39 is 34.6 Å². The van der Waals surface area contributed by atoms with E-state index in [9.17, 15) is 24.6 Å². The van der Waals surface area contributed by atoms with Crippen molar-refractivity contribution in [1.82, 2.24) is 4.90 Å². The average molecular weight is 451 g/mol. The van der Waals surface area contributed by atoms with Gasteiger partial charge in [-0.15, -0.1) is 0 Å². The highest BCUT2D eigenvalue weighted by molar-refractivity contribution is 6.18. The number of likely N-dealkylation sites (tertiary alicyclic amines) is 1. The number of carboxylic acid groups (broad SMARTS) is 2. The Bertz CT molecular complexity index is 918. The lowest BCUT2D eigenvalue weighted by Crippen LogP contribution is -2.88. The highest BCUT2D eigenvalue weighted by Gasteiger charge is 2.86. The molecular formula is C22H29NO9. The minimum atomic E-state index is -2.60. The molecule has 1 aromatic carbocycles. The van der Waals surface area contributed by atoms with E-state index in [1.165, 1.54) is 21.1 Å². The summed E-state index contributed by atoms with van der Waals surface area (Å²) in [7, 11) is 2.90. The Morgan fingerprint density at radius 1 is 1.19 bits per heavy atom. The van der Waals surface area contributed by atoms with E-state index in [-0.39, 0.29) is 25.7 Å². The number of methoxy groups -OCH3 is 2. The molecule has 2 heterocycles. The van der Waals surface area contributed by atoms with E-state index in [4.69, 9.17) is 18.9 Å². The first kappa shape index (κ1) is 23.8. The second kappa shape index (κ2) is 8.25. The largest absolute Gasteiger partial charge is 0.497 e. The Labute approximate surface area is 186 Å². The van der Waals surface area contributed by atoms with Crippen molar-refractivity contribution >= 4 is 17.8 Å². The predicted octanol–water partition coefficient (Wildman–Crippen LogP) is 1.89. The van der Waals surface area contributed by atoms with Gasteiger partial charge in [0.15, 0.2) is 5.79 Å². The molecule has 3 rings (SSSR count). The van der Waals surface area contributed by atoms with Crippen LogP contribution in [-0.4, -0.2) is 71.2 Å². The van der Waals surface area contributed by atoms with E-state index in [0.717, 1.165) is 4.90 Å². The van der Waals surface area contributed by atoms with Crippen molar-refractivity contribution in [2.75, 3.05) is 20.8 Å². The Morgan fingerprint density at radius 2 is 1.84 bits per heavy atom. The SMILES string of the molecule is CCC1COC(C)(C2(CC)C(=O)N(Cc3ccc(OC)cc3OC)C2(C(=O)O)C(=O)O)O1. The molecule has 0 aliphatic carbocycles. The number of carbonyl (C=O) groups is 3. The normalized spacial score (nSPS) is 28.8. The van der Waals surface area contributed by atoms with Crippen LogP contribution in [0.1, 0.15) is 39.2 Å². The molecular weight excluding hydrogens is 422 g/mol. The summed E-state index contributed by atoms with van der Waals surface area (Å²) in [5.74, 6) is -4.86. The van der Waals surface area contributed by atoms with Gasteiger partial charge in [0.25, 0.3) is 5.54 Å². The van der Waals surface area contributed by atoms with Crippen molar-refractivity contribution in [2.45, 2.75) is 57.6 Å². The van der Waals surface area contributed by atoms with E-state index in [1.807, 2.05) is 6.92 Å². The molecule has 1 aromatic rings. The molecule has 2 aliphatic rings. The molecule has 2 aliphatic heterocycles. The van der Waals surface area contributed by atoms with Crippen molar-refractivity contribution in [3.63, 3.8) is 0 Å². The third-order valence-corrected chi connectivity index (χ3v) is 6.77. The van der Waals surface area contributed by atoms with Gasteiger partial charge in [-0.05, 0) is 31.9 Å². The second-order valence-corrected chi connectivity index (χ2v) is 8.05. The summed E-state index contributed by atoms with van der Waals surface area (Å²) in [4.78, 5) is 39.7. The summed E-state index contributed by atoms with van der Waals surface area (Å²) in [6.45, 7) is 4.74. The van der Waals surface area contributed by atoms with Crippen LogP contribution in [0.4, 0.5) is 0 Å². The van der Waals surface area contributed by atoms with Gasteiger partial charge in [0.2, 0.25) is 5.91 Å². The molecule has 0 spiro atoms. The number of hydrogen-bond donors (Lipinski definition) is 2. The average Bonchev–Trinajstić information content (AvgIpc) is 3.16. The van der Waals surface area contributed by atoms with E-state index in [1.54, 1.807) is 25.1 Å². The van der Waals surface area contributed by atoms with Gasteiger partial charge in [0.1, 0.15) is 16.9 Å². The number of benzene rings is 1. The topological polar surface area (TPSA) is 132 Å². The van der Waals surface area contributed by atoms with Gasteiger partial charge in [-0.1, -0.05) is 13.8 Å². The zero-order valence-electron chi connectivity index (χ0n) is 18.8. The number of aliphatic carboxylic acids is 2. The Morgan fingerprint density at radius 3 is 2.31 bits per heavy atom. The van der Waals surface area contributed by atoms with E-state index in [0.29, 0.717) is 23.5 Å². The third kappa shape index (κ3) is 2.89. The number of carboxylic acids is 2. The first-order chi connectivity index (χ1) is 15.1. The number of carbonyl (C=O) groups excluding carboxylic acids is 1. The number of hydrogen-bond acceptors (Lipinski definition) is 7. The fraction of sp³-hybridized carbons (Fsp3) is 0.591. The Balaban J connectivity index is 2.13. The second-order valence-electron chi connectivity index (χ2n) is 8.05. The van der Waals surface area contributed by atoms with Crippen molar-refractivity contribution in [3.05, 3.63) is 23.8 Å². The van der Waals surface area contributed by atoms with Crippen molar-refractivity contribution < 1.29 is 43.5 Å². The van der Waals surface area contributed by atoms with Crippen molar-refractivity contribution in [3.8, 4) is 11.5 Å². The molecule has 0 bridgehead atoms. The third-order valence-electron chi connectivity index (χ3n) is 6.77. The summed E-state index contributed by atoms with van der Waals surface area (Å²) in [6, 6.07) is 4.80. The maximum absolute atomic E-state index is 13.6. The lowest BCUT2D eigenvalue weighted by Gasteiger charge is -2.63. The molecule has 2 saturated heterocycles. The summed E-state index contributed by atoms with van der Waals surface area (Å²) >= 11 is 0. The number of rotatable bonds is 9. The van der Waals surface area contributed by atoms with Crippen LogP contribution in [0.2, 0.25) is 0 Å². The molecule has 32 heavy (non-hydrogen) atoms. The van der Waals surface area contributed by atoms with Gasteiger partial charge in [0.05, 0.1) is 33.5 Å². The van der Waals surface area contributed by atoms with Gasteiger partial charge in [0, 0.05) is 11.6 Å². The molecule has 0 radical (unpaired) electrons. The lowest BCUT2D eigenvalue weighted by atomic mass is 9.54. The number of nitrogens with zero attached hydrogens (tertiary/aromatic N) is 1. The lowest BCUT2D eigenvalue weighted by molar-refractivity contribution is -0.298. The predicted molar refractivity (Wildman–Crippen MR) is 110 cm³/mol. The molecule has 10 nitrogen and oxygen atoms in total. The number of β-lactam (4-membered cyclic amide) rings is 1. The highest BCUT2D eigenvalue weighted by atomic mass is 16.7. The van der Waals surface area contributed by atoms with Gasteiger partial charge in [-0.2, -0.15) is 0 Å². The molecule has 2 fully saturated rings. The molecule has 0 aromatic heterocycles. The summed E-state index contributed by atoms with van der Waals surface area (Å²) in [5, 5.41) is 20.5. The summed E-state index contributed by atoms with van der Waals surface area (Å²) in [6.07, 6.45) is 0.101. The van der Waals surface area contributed by atoms with Crippen molar-refractivity contribution in [1.29, 1.82) is 0 Å². The molecule has 1 amide bonds. The minimum Gasteiger partial charge on any atom is -0.497 e. The Kier molecular flexibility index (Phi) is 6.14.